The zero-order chi connectivity index (χ0) is 16.9. The van der Waals surface area contributed by atoms with E-state index < -0.39 is 9.73 Å². The molecule has 0 bridgehead atoms. The van der Waals surface area contributed by atoms with Crippen molar-refractivity contribution < 1.29 is 4.21 Å². The third kappa shape index (κ3) is 5.33. The second-order valence-corrected chi connectivity index (χ2v) is 8.34. The minimum absolute atomic E-state index is 0.173. The van der Waals surface area contributed by atoms with E-state index in [1.807, 2.05) is 0 Å². The van der Waals surface area contributed by atoms with Crippen LogP contribution in [0.25, 0.3) is 0 Å². The van der Waals surface area contributed by atoms with Crippen molar-refractivity contribution in [3.05, 3.63) is 40.2 Å². The molecule has 1 unspecified atom stereocenters. The number of aromatic nitrogens is 2. The molecule has 1 aromatic carbocycles. The van der Waals surface area contributed by atoms with Crippen LogP contribution in [0, 0.1) is 4.78 Å². The molecule has 2 rings (SSSR count). The summed E-state index contributed by atoms with van der Waals surface area (Å²) >= 11 is 9.08. The van der Waals surface area contributed by atoms with Crippen molar-refractivity contribution in [3.63, 3.8) is 0 Å². The minimum Gasteiger partial charge on any atom is -0.399 e. The van der Waals surface area contributed by atoms with Crippen LogP contribution in [0.5, 0.6) is 0 Å². The van der Waals surface area contributed by atoms with Gasteiger partial charge in [-0.2, -0.15) is 4.98 Å². The van der Waals surface area contributed by atoms with Gasteiger partial charge in [-0.1, -0.05) is 6.07 Å². The highest BCUT2D eigenvalue weighted by atomic mass is 79.9. The van der Waals surface area contributed by atoms with Crippen LogP contribution in [-0.4, -0.2) is 26.5 Å². The minimum atomic E-state index is -2.81. The van der Waals surface area contributed by atoms with Crippen molar-refractivity contribution in [3.8, 4) is 0 Å². The first-order valence-corrected chi connectivity index (χ1v) is 9.82. The van der Waals surface area contributed by atoms with Gasteiger partial charge < -0.3 is 11.1 Å². The van der Waals surface area contributed by atoms with Crippen LogP contribution >= 0.6 is 27.5 Å². The zero-order valence-electron chi connectivity index (χ0n) is 12.3. The van der Waals surface area contributed by atoms with E-state index in [0.717, 1.165) is 10.9 Å². The lowest BCUT2D eigenvalue weighted by molar-refractivity contribution is 0.670. The Bertz CT molecular complexity index is 784. The predicted molar refractivity (Wildman–Crippen MR) is 97.3 cm³/mol. The molecule has 9 heteroatoms. The van der Waals surface area contributed by atoms with Gasteiger partial charge in [0, 0.05) is 29.1 Å². The Morgan fingerprint density at radius 1 is 1.39 bits per heavy atom. The second-order valence-electron chi connectivity index (χ2n) is 4.92. The van der Waals surface area contributed by atoms with Gasteiger partial charge in [-0.3, -0.25) is 0 Å². The number of rotatable bonds is 7. The van der Waals surface area contributed by atoms with Crippen molar-refractivity contribution in [2.45, 2.75) is 17.7 Å². The summed E-state index contributed by atoms with van der Waals surface area (Å²) in [5.74, 6) is 0.913. The molecule has 0 amide bonds. The number of nitrogens with zero attached hydrogens (tertiary/aromatic N) is 2. The number of nitrogens with two attached hydrogens (primary N) is 1. The van der Waals surface area contributed by atoms with E-state index in [1.165, 1.54) is 0 Å². The molecule has 0 spiro atoms. The Labute approximate surface area is 149 Å². The Hall–Kier alpha value is -1.38. The molecule has 0 saturated heterocycles. The lowest BCUT2D eigenvalue weighted by atomic mass is 10.3. The second kappa shape index (κ2) is 7.94. The fraction of sp³-hybridized carbons (Fsp3) is 0.286. The summed E-state index contributed by atoms with van der Waals surface area (Å²) in [7, 11) is -2.81. The number of hydrogen-bond donors (Lipinski definition) is 3. The molecule has 1 heterocycles. The van der Waals surface area contributed by atoms with Gasteiger partial charge >= 0.3 is 0 Å². The highest BCUT2D eigenvalue weighted by Gasteiger charge is 2.10. The van der Waals surface area contributed by atoms with E-state index >= 15 is 0 Å². The normalized spacial score (nSPS) is 13.5. The number of nitrogens with one attached hydrogen (secondary N) is 2. The maximum Gasteiger partial charge on any atom is 0.224 e. The molecule has 0 saturated carbocycles. The van der Waals surface area contributed by atoms with Crippen LogP contribution in [0.15, 0.2) is 39.8 Å². The summed E-state index contributed by atoms with van der Waals surface area (Å²) in [5.41, 5.74) is 6.20. The molecule has 0 radical (unpaired) electrons. The van der Waals surface area contributed by atoms with E-state index in [4.69, 9.17) is 22.1 Å². The van der Waals surface area contributed by atoms with Crippen LogP contribution < -0.4 is 11.1 Å². The van der Waals surface area contributed by atoms with Gasteiger partial charge in [-0.25, -0.2) is 14.0 Å². The Morgan fingerprint density at radius 3 is 2.91 bits per heavy atom. The largest absolute Gasteiger partial charge is 0.399 e. The third-order valence-corrected chi connectivity index (χ3v) is 5.75. The van der Waals surface area contributed by atoms with Crippen molar-refractivity contribution in [2.24, 2.45) is 0 Å². The molecule has 1 aromatic heterocycles. The van der Waals surface area contributed by atoms with Crippen molar-refractivity contribution in [2.75, 3.05) is 23.3 Å². The van der Waals surface area contributed by atoms with Crippen molar-refractivity contribution in [1.29, 1.82) is 4.78 Å². The molecule has 6 nitrogen and oxygen atoms in total. The van der Waals surface area contributed by atoms with Gasteiger partial charge in [0.05, 0.1) is 14.2 Å². The first kappa shape index (κ1) is 18.0. The average molecular weight is 419 g/mol. The van der Waals surface area contributed by atoms with Gasteiger partial charge in [-0.15, -0.1) is 0 Å². The number of nitrogen functional groups attached to an aromatic ring is 1. The van der Waals surface area contributed by atoms with E-state index in [0.29, 0.717) is 35.1 Å². The van der Waals surface area contributed by atoms with Gasteiger partial charge in [0.1, 0.15) is 5.82 Å². The Balaban J connectivity index is 1.82. The molecule has 124 valence electrons. The first-order chi connectivity index (χ1) is 10.9. The molecular formula is C14H17BrClN5OS. The summed E-state index contributed by atoms with van der Waals surface area (Å²) in [6, 6.07) is 6.72. The molecule has 1 atom stereocenters. The maximum atomic E-state index is 12.4. The number of benzene rings is 1. The predicted octanol–water partition coefficient (Wildman–Crippen LogP) is 3.77. The van der Waals surface area contributed by atoms with Gasteiger partial charge in [-0.05, 0) is 58.6 Å². The quantitative estimate of drug-likeness (QED) is 0.360. The van der Waals surface area contributed by atoms with Crippen LogP contribution in [0.4, 0.5) is 11.5 Å². The van der Waals surface area contributed by atoms with E-state index in [1.54, 1.807) is 30.5 Å². The van der Waals surface area contributed by atoms with Crippen LogP contribution in [0.1, 0.15) is 12.8 Å². The summed E-state index contributed by atoms with van der Waals surface area (Å²) in [6.45, 7) is 0.637. The third-order valence-electron chi connectivity index (χ3n) is 3.10. The maximum absolute atomic E-state index is 12.4. The summed E-state index contributed by atoms with van der Waals surface area (Å²) in [6.07, 6.45) is 2.99. The monoisotopic (exact) mass is 417 g/mol. The number of anilines is 2. The summed E-state index contributed by atoms with van der Waals surface area (Å²) < 4.78 is 21.2. The van der Waals surface area contributed by atoms with Gasteiger partial charge in [0.2, 0.25) is 5.28 Å². The van der Waals surface area contributed by atoms with E-state index in [2.05, 4.69) is 31.2 Å². The molecule has 0 aliphatic carbocycles. The highest BCUT2D eigenvalue weighted by molar-refractivity contribution is 9.10. The molecule has 2 aromatic rings. The van der Waals surface area contributed by atoms with Gasteiger partial charge in [0.25, 0.3) is 0 Å². The molecule has 0 fully saturated rings. The highest BCUT2D eigenvalue weighted by Crippen LogP contribution is 2.20. The van der Waals surface area contributed by atoms with Crippen molar-refractivity contribution >= 4 is 48.8 Å². The molecule has 0 aliphatic heterocycles. The molecular weight excluding hydrogens is 402 g/mol. The molecule has 0 aliphatic rings. The van der Waals surface area contributed by atoms with Crippen LogP contribution in [-0.2, 0) is 9.73 Å². The van der Waals surface area contributed by atoms with Gasteiger partial charge in [0.15, 0.2) is 0 Å². The van der Waals surface area contributed by atoms with Crippen LogP contribution in [0.3, 0.4) is 0 Å². The fourth-order valence-corrected chi connectivity index (χ4v) is 3.88. The first-order valence-electron chi connectivity index (χ1n) is 6.92. The van der Waals surface area contributed by atoms with Crippen LogP contribution in [0.2, 0.25) is 5.28 Å². The smallest absolute Gasteiger partial charge is 0.224 e. The summed E-state index contributed by atoms with van der Waals surface area (Å²) in [4.78, 5) is 8.40. The summed E-state index contributed by atoms with van der Waals surface area (Å²) in [5, 5.41) is 3.31. The number of halogens is 2. The number of unbranched alkanes of at least 4 members (excludes halogenated alkanes) is 1. The molecule has 4 N–H and O–H groups in total. The standard InChI is InChI=1S/C14H17BrClN5OS/c15-12-9-20-14(16)21-13(12)19-6-1-2-7-23(18,22)11-5-3-4-10(17)8-11/h3-5,8-9,18H,1-2,6-7,17H2,(H,19,20,21). The van der Waals surface area contributed by atoms with Crippen molar-refractivity contribution in [1.82, 2.24) is 9.97 Å². The molecule has 23 heavy (non-hydrogen) atoms. The number of hydrogen-bond acceptors (Lipinski definition) is 6. The lowest BCUT2D eigenvalue weighted by Gasteiger charge is -2.10. The average Bonchev–Trinajstić information content (AvgIpc) is 2.50. The SMILES string of the molecule is N=S(=O)(CCCCNc1nc(Cl)ncc1Br)c1cccc(N)c1. The van der Waals surface area contributed by atoms with E-state index in [-0.39, 0.29) is 5.28 Å². The Morgan fingerprint density at radius 2 is 2.17 bits per heavy atom. The Kier molecular flexibility index (Phi) is 6.20. The zero-order valence-corrected chi connectivity index (χ0v) is 15.4. The fourth-order valence-electron chi connectivity index (χ4n) is 1.94. The topological polar surface area (TPSA) is 105 Å². The lowest BCUT2D eigenvalue weighted by Crippen LogP contribution is -2.09. The van der Waals surface area contributed by atoms with E-state index in [9.17, 15) is 4.21 Å².